The highest BCUT2D eigenvalue weighted by molar-refractivity contribution is 7.98. The molecule has 6 nitrogen and oxygen atoms in total. The third-order valence-corrected chi connectivity index (χ3v) is 6.58. The Morgan fingerprint density at radius 1 is 1.16 bits per heavy atom. The topological polar surface area (TPSA) is 74.8 Å². The molecule has 31 heavy (non-hydrogen) atoms. The van der Waals surface area contributed by atoms with Gasteiger partial charge in [-0.3, -0.25) is 14.8 Å². The van der Waals surface area contributed by atoms with Crippen LogP contribution in [0.2, 0.25) is 5.02 Å². The molecule has 0 spiro atoms. The quantitative estimate of drug-likeness (QED) is 0.341. The molecule has 158 valence electrons. The maximum atomic E-state index is 12.4. The fourth-order valence-electron chi connectivity index (χ4n) is 3.12. The molecule has 0 bridgehead atoms. The minimum absolute atomic E-state index is 0.0675. The van der Waals surface area contributed by atoms with E-state index in [1.165, 1.54) is 23.1 Å². The van der Waals surface area contributed by atoms with E-state index in [4.69, 9.17) is 11.6 Å². The number of nitrogens with zero attached hydrogens (tertiary/aromatic N) is 4. The number of thioether (sulfide) groups is 1. The molecule has 0 unspecified atom stereocenters. The minimum Gasteiger partial charge on any atom is -0.274 e. The molecule has 0 saturated heterocycles. The van der Waals surface area contributed by atoms with Crippen LogP contribution in [0.5, 0.6) is 0 Å². The number of halogens is 1. The van der Waals surface area contributed by atoms with E-state index in [0.717, 1.165) is 28.1 Å². The number of rotatable bonds is 6. The number of hydrogen-bond donors (Lipinski definition) is 1. The summed E-state index contributed by atoms with van der Waals surface area (Å²) >= 11 is 8.88. The number of aryl methyl sites for hydroxylation is 2. The summed E-state index contributed by atoms with van der Waals surface area (Å²) in [7, 11) is 0. The SMILES string of the molecule is CC(=O)N(c1nc(CSc2n[nH]c(-c3ccc(Cl)cc3)n2)cs1)c1ccc(C)cc1C. The van der Waals surface area contributed by atoms with Gasteiger partial charge in [0.05, 0.1) is 11.4 Å². The van der Waals surface area contributed by atoms with Gasteiger partial charge in [0.2, 0.25) is 11.1 Å². The monoisotopic (exact) mass is 469 g/mol. The molecule has 2 aromatic heterocycles. The first kappa shape index (κ1) is 21.5. The Kier molecular flexibility index (Phi) is 6.41. The fourth-order valence-corrected chi connectivity index (χ4v) is 4.92. The molecule has 1 N–H and O–H groups in total. The Morgan fingerprint density at radius 2 is 1.94 bits per heavy atom. The number of aromatic nitrogens is 4. The van der Waals surface area contributed by atoms with Crippen molar-refractivity contribution in [3.8, 4) is 11.4 Å². The fraction of sp³-hybridized carbons (Fsp3) is 0.182. The Bertz CT molecular complexity index is 1220. The van der Waals surface area contributed by atoms with Crippen molar-refractivity contribution in [1.29, 1.82) is 0 Å². The summed E-state index contributed by atoms with van der Waals surface area (Å²) in [6.45, 7) is 5.60. The number of carbonyl (C=O) groups is 1. The highest BCUT2D eigenvalue weighted by Crippen LogP contribution is 2.33. The lowest BCUT2D eigenvalue weighted by atomic mass is 10.1. The predicted octanol–water partition coefficient (Wildman–Crippen LogP) is 6.18. The number of hydrogen-bond acceptors (Lipinski definition) is 6. The van der Waals surface area contributed by atoms with Crippen LogP contribution >= 0.6 is 34.7 Å². The number of benzene rings is 2. The first-order valence-electron chi connectivity index (χ1n) is 9.54. The Balaban J connectivity index is 1.47. The maximum absolute atomic E-state index is 12.4. The number of aromatic amines is 1. The van der Waals surface area contributed by atoms with E-state index >= 15 is 0 Å². The number of amides is 1. The largest absolute Gasteiger partial charge is 0.274 e. The molecule has 0 fully saturated rings. The van der Waals surface area contributed by atoms with Gasteiger partial charge in [0.25, 0.3) is 0 Å². The molecule has 0 saturated carbocycles. The van der Waals surface area contributed by atoms with Gasteiger partial charge < -0.3 is 0 Å². The zero-order chi connectivity index (χ0) is 22.0. The second kappa shape index (κ2) is 9.21. The predicted molar refractivity (Wildman–Crippen MR) is 127 cm³/mol. The Morgan fingerprint density at radius 3 is 2.65 bits per heavy atom. The lowest BCUT2D eigenvalue weighted by molar-refractivity contribution is -0.115. The van der Waals surface area contributed by atoms with E-state index in [9.17, 15) is 4.79 Å². The number of thiazole rings is 1. The summed E-state index contributed by atoms with van der Waals surface area (Å²) in [6, 6.07) is 13.5. The standard InChI is InChI=1S/C22H20ClN5OS2/c1-13-4-9-19(14(2)10-13)28(15(3)29)22-24-18(12-31-22)11-30-21-25-20(26-27-21)16-5-7-17(23)8-6-16/h4-10,12H,11H2,1-3H3,(H,25,26,27). The third-order valence-electron chi connectivity index (χ3n) is 4.57. The number of nitrogens with one attached hydrogen (secondary N) is 1. The Hall–Kier alpha value is -2.68. The van der Waals surface area contributed by atoms with Gasteiger partial charge in [0.1, 0.15) is 0 Å². The summed E-state index contributed by atoms with van der Waals surface area (Å²) < 4.78 is 0. The van der Waals surface area contributed by atoms with Gasteiger partial charge in [-0.25, -0.2) is 9.97 Å². The van der Waals surface area contributed by atoms with E-state index < -0.39 is 0 Å². The van der Waals surface area contributed by atoms with Crippen molar-refractivity contribution in [2.45, 2.75) is 31.7 Å². The zero-order valence-corrected chi connectivity index (χ0v) is 19.6. The van der Waals surface area contributed by atoms with Crippen molar-refractivity contribution in [3.05, 3.63) is 69.7 Å². The normalized spacial score (nSPS) is 11.0. The van der Waals surface area contributed by atoms with Crippen LogP contribution in [-0.4, -0.2) is 26.1 Å². The molecule has 2 aromatic carbocycles. The molecule has 0 atom stereocenters. The molecule has 4 rings (SSSR count). The van der Waals surface area contributed by atoms with Crippen molar-refractivity contribution in [2.24, 2.45) is 0 Å². The van der Waals surface area contributed by atoms with E-state index in [0.29, 0.717) is 26.9 Å². The van der Waals surface area contributed by atoms with Crippen LogP contribution in [0, 0.1) is 13.8 Å². The van der Waals surface area contributed by atoms with E-state index in [1.807, 2.05) is 55.6 Å². The molecule has 1 amide bonds. The first-order valence-corrected chi connectivity index (χ1v) is 11.8. The second-order valence-corrected chi connectivity index (χ2v) is 9.24. The molecule has 2 heterocycles. The molecule has 0 radical (unpaired) electrons. The van der Waals surface area contributed by atoms with Crippen LogP contribution in [0.1, 0.15) is 23.7 Å². The average Bonchev–Trinajstić information content (AvgIpc) is 3.38. The molecule has 0 aliphatic carbocycles. The molecule has 9 heteroatoms. The summed E-state index contributed by atoms with van der Waals surface area (Å²) in [5.41, 5.74) is 4.85. The van der Waals surface area contributed by atoms with Crippen molar-refractivity contribution in [3.63, 3.8) is 0 Å². The summed E-state index contributed by atoms with van der Waals surface area (Å²) in [6.07, 6.45) is 0. The van der Waals surface area contributed by atoms with Crippen LogP contribution in [0.3, 0.4) is 0 Å². The highest BCUT2D eigenvalue weighted by Gasteiger charge is 2.20. The molecular formula is C22H20ClN5OS2. The molecule has 0 aliphatic rings. The maximum Gasteiger partial charge on any atom is 0.230 e. The van der Waals surface area contributed by atoms with Gasteiger partial charge in [-0.2, -0.15) is 0 Å². The van der Waals surface area contributed by atoms with E-state index in [-0.39, 0.29) is 5.91 Å². The summed E-state index contributed by atoms with van der Waals surface area (Å²) in [5, 5.41) is 11.2. The van der Waals surface area contributed by atoms with Gasteiger partial charge in [-0.15, -0.1) is 16.4 Å². The van der Waals surface area contributed by atoms with E-state index in [1.54, 1.807) is 11.8 Å². The van der Waals surface area contributed by atoms with Crippen LogP contribution in [0.25, 0.3) is 11.4 Å². The van der Waals surface area contributed by atoms with Crippen LogP contribution in [0.4, 0.5) is 10.8 Å². The summed E-state index contributed by atoms with van der Waals surface area (Å²) in [5.74, 6) is 1.23. The third kappa shape index (κ3) is 4.98. The molecule has 4 aromatic rings. The minimum atomic E-state index is -0.0675. The highest BCUT2D eigenvalue weighted by atomic mass is 35.5. The van der Waals surface area contributed by atoms with Gasteiger partial charge in [0.15, 0.2) is 11.0 Å². The number of H-pyrrole nitrogens is 1. The smallest absolute Gasteiger partial charge is 0.230 e. The van der Waals surface area contributed by atoms with Gasteiger partial charge in [-0.05, 0) is 49.7 Å². The first-order chi connectivity index (χ1) is 14.9. The van der Waals surface area contributed by atoms with Crippen molar-refractivity contribution in [1.82, 2.24) is 20.2 Å². The van der Waals surface area contributed by atoms with Gasteiger partial charge in [0, 0.05) is 28.6 Å². The average molecular weight is 470 g/mol. The lowest BCUT2D eigenvalue weighted by Gasteiger charge is -2.20. The molecule has 0 aliphatic heterocycles. The lowest BCUT2D eigenvalue weighted by Crippen LogP contribution is -2.23. The zero-order valence-electron chi connectivity index (χ0n) is 17.2. The number of carbonyl (C=O) groups excluding carboxylic acids is 1. The van der Waals surface area contributed by atoms with Crippen molar-refractivity contribution < 1.29 is 4.79 Å². The van der Waals surface area contributed by atoms with Crippen LogP contribution in [-0.2, 0) is 10.5 Å². The van der Waals surface area contributed by atoms with Crippen molar-refractivity contribution >= 4 is 51.4 Å². The molecular weight excluding hydrogens is 450 g/mol. The van der Waals surface area contributed by atoms with Crippen LogP contribution < -0.4 is 4.90 Å². The van der Waals surface area contributed by atoms with Gasteiger partial charge >= 0.3 is 0 Å². The number of anilines is 2. The van der Waals surface area contributed by atoms with E-state index in [2.05, 4.69) is 26.2 Å². The second-order valence-electron chi connectivity index (χ2n) is 7.03. The van der Waals surface area contributed by atoms with Crippen LogP contribution in [0.15, 0.2) is 53.0 Å². The summed E-state index contributed by atoms with van der Waals surface area (Å²) in [4.78, 5) is 23.3. The van der Waals surface area contributed by atoms with Gasteiger partial charge in [-0.1, -0.05) is 41.1 Å². The Labute approximate surface area is 193 Å². The van der Waals surface area contributed by atoms with Crippen molar-refractivity contribution in [2.75, 3.05) is 4.90 Å².